The van der Waals surface area contributed by atoms with Gasteiger partial charge in [0.25, 0.3) is 0 Å². The molecule has 1 fully saturated rings. The second kappa shape index (κ2) is 4.15. The largest absolute Gasteiger partial charge is 0.480 e. The lowest BCUT2D eigenvalue weighted by molar-refractivity contribution is -0.140. The highest BCUT2D eigenvalue weighted by Gasteiger charge is 2.39. The Hall–Kier alpha value is -0.920. The number of carboxylic acid groups (broad SMARTS) is 1. The van der Waals surface area contributed by atoms with Gasteiger partial charge in [0.2, 0.25) is 10.0 Å². The first-order chi connectivity index (χ1) is 7.53. The zero-order valence-corrected chi connectivity index (χ0v) is 10.00. The van der Waals surface area contributed by atoms with E-state index in [0.29, 0.717) is 12.8 Å². The molecule has 1 aliphatic heterocycles. The molecule has 16 heavy (non-hydrogen) atoms. The zero-order chi connectivity index (χ0) is 11.8. The van der Waals surface area contributed by atoms with Gasteiger partial charge in [0.1, 0.15) is 6.04 Å². The molecular formula is C9H11NO4S2. The minimum atomic E-state index is -3.63. The van der Waals surface area contributed by atoms with Crippen molar-refractivity contribution in [2.45, 2.75) is 23.8 Å². The number of sulfonamides is 1. The summed E-state index contributed by atoms with van der Waals surface area (Å²) >= 11 is 1.28. The molecule has 0 aromatic carbocycles. The van der Waals surface area contributed by atoms with E-state index in [9.17, 15) is 13.2 Å². The number of thiophene rings is 1. The van der Waals surface area contributed by atoms with Crippen LogP contribution in [0.3, 0.4) is 0 Å². The van der Waals surface area contributed by atoms with Gasteiger partial charge in [-0.1, -0.05) is 0 Å². The van der Waals surface area contributed by atoms with Crippen molar-refractivity contribution in [2.75, 3.05) is 6.54 Å². The molecule has 0 amide bonds. The van der Waals surface area contributed by atoms with Crippen LogP contribution in [0, 0.1) is 0 Å². The summed E-state index contributed by atoms with van der Waals surface area (Å²) in [6, 6.07) is 0.585. The van der Waals surface area contributed by atoms with E-state index in [2.05, 4.69) is 0 Å². The predicted molar refractivity (Wildman–Crippen MR) is 58.9 cm³/mol. The monoisotopic (exact) mass is 261 g/mol. The van der Waals surface area contributed by atoms with Gasteiger partial charge in [-0.05, 0) is 24.3 Å². The Bertz CT molecular complexity index is 480. The molecule has 1 atom stereocenters. The van der Waals surface area contributed by atoms with E-state index in [4.69, 9.17) is 5.11 Å². The summed E-state index contributed by atoms with van der Waals surface area (Å²) in [5.41, 5.74) is 0. The third kappa shape index (κ3) is 1.85. The van der Waals surface area contributed by atoms with Crippen LogP contribution in [0.4, 0.5) is 0 Å². The summed E-state index contributed by atoms with van der Waals surface area (Å²) in [6.07, 6.45) is 0.985. The van der Waals surface area contributed by atoms with Crippen LogP contribution >= 0.6 is 11.3 Å². The molecule has 1 N–H and O–H groups in total. The van der Waals surface area contributed by atoms with Crippen molar-refractivity contribution >= 4 is 27.3 Å². The number of hydrogen-bond acceptors (Lipinski definition) is 4. The van der Waals surface area contributed by atoms with E-state index in [1.807, 2.05) is 0 Å². The standard InChI is InChI=1S/C9H11NO4S2/c11-9(12)8-2-1-4-10(8)16(13,14)7-3-5-15-6-7/h3,5-6,8H,1-2,4H2,(H,11,12)/t8-/m0/s1. The van der Waals surface area contributed by atoms with E-state index in [-0.39, 0.29) is 11.4 Å². The Balaban J connectivity index is 2.34. The Labute approximate surface area is 97.4 Å². The van der Waals surface area contributed by atoms with Gasteiger partial charge in [0.05, 0.1) is 4.90 Å². The molecule has 2 heterocycles. The Kier molecular flexibility index (Phi) is 3.00. The molecule has 2 rings (SSSR count). The number of aliphatic carboxylic acids is 1. The van der Waals surface area contributed by atoms with Crippen LogP contribution in [0.5, 0.6) is 0 Å². The van der Waals surface area contributed by atoms with E-state index in [0.717, 1.165) is 4.31 Å². The van der Waals surface area contributed by atoms with E-state index >= 15 is 0 Å². The van der Waals surface area contributed by atoms with Crippen LogP contribution in [-0.4, -0.2) is 36.4 Å². The molecule has 0 aliphatic carbocycles. The van der Waals surface area contributed by atoms with Crippen molar-refractivity contribution in [3.05, 3.63) is 16.8 Å². The summed E-state index contributed by atoms with van der Waals surface area (Å²) < 4.78 is 25.2. The second-order valence-corrected chi connectivity index (χ2v) is 6.24. The van der Waals surface area contributed by atoms with Gasteiger partial charge >= 0.3 is 5.97 Å². The fourth-order valence-electron chi connectivity index (χ4n) is 1.81. The topological polar surface area (TPSA) is 74.7 Å². The van der Waals surface area contributed by atoms with Crippen molar-refractivity contribution < 1.29 is 18.3 Å². The third-order valence-corrected chi connectivity index (χ3v) is 5.33. The van der Waals surface area contributed by atoms with Gasteiger partial charge in [0.15, 0.2) is 0 Å². The van der Waals surface area contributed by atoms with Gasteiger partial charge < -0.3 is 5.11 Å². The third-order valence-electron chi connectivity index (χ3n) is 2.59. The van der Waals surface area contributed by atoms with Gasteiger partial charge in [-0.3, -0.25) is 4.79 Å². The first kappa shape index (κ1) is 11.6. The van der Waals surface area contributed by atoms with E-state index in [1.165, 1.54) is 22.8 Å². The minimum Gasteiger partial charge on any atom is -0.480 e. The maximum absolute atomic E-state index is 12.1. The van der Waals surface area contributed by atoms with Crippen LogP contribution in [0.15, 0.2) is 21.7 Å². The van der Waals surface area contributed by atoms with Crippen molar-refractivity contribution in [3.63, 3.8) is 0 Å². The fourth-order valence-corrected chi connectivity index (χ4v) is 4.48. The molecule has 1 saturated heterocycles. The van der Waals surface area contributed by atoms with Crippen molar-refractivity contribution in [1.82, 2.24) is 4.31 Å². The Morgan fingerprint density at radius 1 is 1.56 bits per heavy atom. The average Bonchev–Trinajstić information content (AvgIpc) is 2.89. The van der Waals surface area contributed by atoms with Crippen LogP contribution in [0.25, 0.3) is 0 Å². The predicted octanol–water partition coefficient (Wildman–Crippen LogP) is 0.986. The molecule has 7 heteroatoms. The lowest BCUT2D eigenvalue weighted by atomic mass is 10.2. The summed E-state index contributed by atoms with van der Waals surface area (Å²) in [6.45, 7) is 0.287. The van der Waals surface area contributed by atoms with E-state index < -0.39 is 22.0 Å². The SMILES string of the molecule is O=C(O)[C@@H]1CCCN1S(=O)(=O)c1ccsc1. The highest BCUT2D eigenvalue weighted by Crippen LogP contribution is 2.27. The molecular weight excluding hydrogens is 250 g/mol. The quantitative estimate of drug-likeness (QED) is 0.880. The Morgan fingerprint density at radius 3 is 2.88 bits per heavy atom. The summed E-state index contributed by atoms with van der Waals surface area (Å²) in [4.78, 5) is 11.1. The molecule has 1 aromatic heterocycles. The molecule has 0 radical (unpaired) electrons. The molecule has 5 nitrogen and oxygen atoms in total. The molecule has 1 aliphatic rings. The highest BCUT2D eigenvalue weighted by atomic mass is 32.2. The summed E-state index contributed by atoms with van der Waals surface area (Å²) in [5.74, 6) is -1.07. The van der Waals surface area contributed by atoms with Crippen LogP contribution in [0.1, 0.15) is 12.8 Å². The van der Waals surface area contributed by atoms with Gasteiger partial charge in [-0.25, -0.2) is 8.42 Å². The van der Waals surface area contributed by atoms with Crippen LogP contribution < -0.4 is 0 Å². The first-order valence-electron chi connectivity index (χ1n) is 4.80. The zero-order valence-electron chi connectivity index (χ0n) is 8.37. The molecule has 1 aromatic rings. The normalized spacial score (nSPS) is 22.4. The number of nitrogens with zero attached hydrogens (tertiary/aromatic N) is 1. The highest BCUT2D eigenvalue weighted by molar-refractivity contribution is 7.89. The molecule has 0 unspecified atom stereocenters. The van der Waals surface area contributed by atoms with Gasteiger partial charge in [-0.15, -0.1) is 0 Å². The first-order valence-corrected chi connectivity index (χ1v) is 7.18. The summed E-state index contributed by atoms with van der Waals surface area (Å²) in [7, 11) is -3.63. The smallest absolute Gasteiger partial charge is 0.322 e. The van der Waals surface area contributed by atoms with Crippen LogP contribution in [-0.2, 0) is 14.8 Å². The number of hydrogen-bond donors (Lipinski definition) is 1. The number of rotatable bonds is 3. The lowest BCUT2D eigenvalue weighted by Gasteiger charge is -2.19. The fraction of sp³-hybridized carbons (Fsp3) is 0.444. The molecule has 88 valence electrons. The van der Waals surface area contributed by atoms with Gasteiger partial charge in [-0.2, -0.15) is 15.6 Å². The van der Waals surface area contributed by atoms with E-state index in [1.54, 1.807) is 5.38 Å². The van der Waals surface area contributed by atoms with Crippen molar-refractivity contribution in [2.24, 2.45) is 0 Å². The van der Waals surface area contributed by atoms with Crippen LogP contribution in [0.2, 0.25) is 0 Å². The van der Waals surface area contributed by atoms with Crippen molar-refractivity contribution in [1.29, 1.82) is 0 Å². The minimum absolute atomic E-state index is 0.186. The van der Waals surface area contributed by atoms with Gasteiger partial charge in [0, 0.05) is 11.9 Å². The molecule has 0 saturated carbocycles. The number of carbonyl (C=O) groups is 1. The summed E-state index contributed by atoms with van der Waals surface area (Å²) in [5, 5.41) is 12.1. The number of carboxylic acids is 1. The lowest BCUT2D eigenvalue weighted by Crippen LogP contribution is -2.40. The Morgan fingerprint density at radius 2 is 2.31 bits per heavy atom. The molecule has 0 spiro atoms. The maximum atomic E-state index is 12.1. The average molecular weight is 261 g/mol. The second-order valence-electron chi connectivity index (χ2n) is 3.57. The van der Waals surface area contributed by atoms with Crippen molar-refractivity contribution in [3.8, 4) is 0 Å². The molecule has 0 bridgehead atoms. The maximum Gasteiger partial charge on any atom is 0.322 e.